The van der Waals surface area contributed by atoms with Crippen molar-refractivity contribution in [2.45, 2.75) is 57.8 Å². The highest BCUT2D eigenvalue weighted by Crippen LogP contribution is 2.41. The number of nitrogens with zero attached hydrogens (tertiary/aromatic N) is 2. The highest BCUT2D eigenvalue weighted by Gasteiger charge is 2.21. The lowest BCUT2D eigenvalue weighted by Crippen LogP contribution is -2.17. The Morgan fingerprint density at radius 3 is 1.87 bits per heavy atom. The first kappa shape index (κ1) is 38.6. The van der Waals surface area contributed by atoms with Gasteiger partial charge in [0.05, 0.1) is 20.8 Å². The second-order valence-corrected chi connectivity index (χ2v) is 20.2. The van der Waals surface area contributed by atoms with Gasteiger partial charge in [-0.25, -0.2) is 0 Å². The summed E-state index contributed by atoms with van der Waals surface area (Å²) in [5, 5.41) is 0. The minimum atomic E-state index is 0.563. The topological polar surface area (TPSA) is 86.2 Å². The Kier molecular flexibility index (Phi) is 16.7. The maximum atomic E-state index is 6.69. The summed E-state index contributed by atoms with van der Waals surface area (Å²) in [7, 11) is 3.48. The van der Waals surface area contributed by atoms with E-state index in [1.54, 1.807) is 14.2 Å². The fourth-order valence-electron chi connectivity index (χ4n) is 6.45. The minimum Gasteiger partial charge on any atom is -0.497 e. The van der Waals surface area contributed by atoms with Crippen LogP contribution in [0.15, 0.2) is 42.5 Å². The van der Waals surface area contributed by atoms with E-state index in [0.717, 1.165) is 79.3 Å². The molecule has 0 heterocycles. The average molecular weight is 1080 g/mol. The van der Waals surface area contributed by atoms with E-state index in [4.69, 9.17) is 25.7 Å². The normalized spacial score (nSPS) is 13.9. The lowest BCUT2D eigenvalue weighted by Gasteiger charge is -2.25. The van der Waals surface area contributed by atoms with Crippen molar-refractivity contribution in [3.05, 3.63) is 64.7 Å². The van der Waals surface area contributed by atoms with Crippen LogP contribution in [-0.4, -0.2) is 49.7 Å². The van der Waals surface area contributed by atoms with Gasteiger partial charge >= 0.3 is 0 Å². The molecule has 0 radical (unpaired) electrons. The van der Waals surface area contributed by atoms with Gasteiger partial charge in [0, 0.05) is 110 Å². The highest BCUT2D eigenvalue weighted by molar-refractivity contribution is 14.2. The van der Waals surface area contributed by atoms with E-state index >= 15 is 0 Å². The highest BCUT2D eigenvalue weighted by atomic mass is 127. The maximum Gasteiger partial charge on any atom is 0.127 e. The van der Waals surface area contributed by atoms with Crippen LogP contribution in [0, 0.1) is 5.92 Å². The SMILES string of the molecule is COc1cc(CCN)c(-c2ccc(-c3cc(CCN)c(OCC4CCCCC4)c(CCN(I)I)c3)c(OC)c2)c(CCN(I)I)c1. The van der Waals surface area contributed by atoms with Gasteiger partial charge in [-0.05, 0) is 127 Å². The molecule has 0 aromatic heterocycles. The molecule has 0 spiro atoms. The fourth-order valence-corrected chi connectivity index (χ4v) is 7.41. The molecular formula is C35H46I4N4O3. The summed E-state index contributed by atoms with van der Waals surface area (Å²) in [6.45, 7) is 3.74. The summed E-state index contributed by atoms with van der Waals surface area (Å²) in [4.78, 5) is 0. The van der Waals surface area contributed by atoms with Gasteiger partial charge in [0.2, 0.25) is 0 Å². The van der Waals surface area contributed by atoms with Gasteiger partial charge in [-0.2, -0.15) is 2.65 Å². The smallest absolute Gasteiger partial charge is 0.127 e. The third-order valence-corrected chi connectivity index (χ3v) is 10.6. The standard InChI is InChI=1S/C35H46I4N4O3/c1-44-31-20-26(10-14-40)34(27(21-31)12-16-42(36)37)25-8-9-32(33(22-25)45-2)30-18-28(11-15-41)35(29(19-30)13-17-43(38)39)46-23-24-6-4-3-5-7-24/h8-9,18-22,24H,3-7,10-17,23,40-41H2,1-2H3. The Labute approximate surface area is 331 Å². The first-order valence-electron chi connectivity index (χ1n) is 16.0. The van der Waals surface area contributed by atoms with Gasteiger partial charge in [0.15, 0.2) is 0 Å². The van der Waals surface area contributed by atoms with E-state index in [1.807, 2.05) is 0 Å². The number of halogens is 4. The van der Waals surface area contributed by atoms with Crippen molar-refractivity contribution < 1.29 is 14.2 Å². The van der Waals surface area contributed by atoms with Crippen LogP contribution < -0.4 is 25.7 Å². The molecule has 7 nitrogen and oxygen atoms in total. The van der Waals surface area contributed by atoms with E-state index in [2.05, 4.69) is 137 Å². The Balaban J connectivity index is 1.79. The van der Waals surface area contributed by atoms with Gasteiger partial charge in [0.25, 0.3) is 0 Å². The largest absolute Gasteiger partial charge is 0.497 e. The van der Waals surface area contributed by atoms with Crippen LogP contribution in [0.2, 0.25) is 0 Å². The Morgan fingerprint density at radius 2 is 1.28 bits per heavy atom. The van der Waals surface area contributed by atoms with Crippen molar-refractivity contribution in [1.82, 2.24) is 2.65 Å². The van der Waals surface area contributed by atoms with Crippen LogP contribution in [0.25, 0.3) is 22.3 Å². The summed E-state index contributed by atoms with van der Waals surface area (Å²) < 4.78 is 22.8. The van der Waals surface area contributed by atoms with Gasteiger partial charge in [-0.15, -0.1) is 0 Å². The number of ether oxygens (including phenoxy) is 3. The average Bonchev–Trinajstić information content (AvgIpc) is 3.05. The molecule has 1 aliphatic rings. The molecular weight excluding hydrogens is 1030 g/mol. The number of hydrogen-bond acceptors (Lipinski definition) is 7. The molecule has 1 saturated carbocycles. The van der Waals surface area contributed by atoms with Crippen LogP contribution in [-0.2, 0) is 25.7 Å². The quantitative estimate of drug-likeness (QED) is 0.103. The van der Waals surface area contributed by atoms with Gasteiger partial charge in [0.1, 0.15) is 17.2 Å². The molecule has 4 N–H and O–H groups in total. The molecule has 46 heavy (non-hydrogen) atoms. The first-order chi connectivity index (χ1) is 22.3. The Hall–Kier alpha value is -0.180. The van der Waals surface area contributed by atoms with E-state index in [1.165, 1.54) is 59.9 Å². The maximum absolute atomic E-state index is 6.69. The van der Waals surface area contributed by atoms with Crippen molar-refractivity contribution >= 4 is 91.5 Å². The molecule has 1 fully saturated rings. The second kappa shape index (κ2) is 19.9. The van der Waals surface area contributed by atoms with Crippen molar-refractivity contribution in [3.63, 3.8) is 0 Å². The van der Waals surface area contributed by atoms with E-state index in [-0.39, 0.29) is 0 Å². The zero-order chi connectivity index (χ0) is 33.1. The van der Waals surface area contributed by atoms with Crippen LogP contribution in [0.1, 0.15) is 54.4 Å². The van der Waals surface area contributed by atoms with Crippen molar-refractivity contribution in [2.24, 2.45) is 17.4 Å². The fraction of sp³-hybridized carbons (Fsp3) is 0.486. The summed E-state index contributed by atoms with van der Waals surface area (Å²) in [6.07, 6.45) is 9.79. The predicted molar refractivity (Wildman–Crippen MR) is 225 cm³/mol. The summed E-state index contributed by atoms with van der Waals surface area (Å²) in [6, 6.07) is 15.5. The lowest BCUT2D eigenvalue weighted by molar-refractivity contribution is 0.206. The third-order valence-electron chi connectivity index (χ3n) is 8.67. The van der Waals surface area contributed by atoms with Gasteiger partial charge in [-0.1, -0.05) is 31.4 Å². The van der Waals surface area contributed by atoms with Crippen molar-refractivity contribution in [3.8, 4) is 39.5 Å². The van der Waals surface area contributed by atoms with Crippen molar-refractivity contribution in [1.29, 1.82) is 0 Å². The number of nitrogens with two attached hydrogens (primary N) is 2. The third kappa shape index (κ3) is 10.9. The molecule has 252 valence electrons. The number of hydrogen-bond donors (Lipinski definition) is 2. The predicted octanol–water partition coefficient (Wildman–Crippen LogP) is 9.09. The molecule has 1 aliphatic carbocycles. The second-order valence-electron chi connectivity index (χ2n) is 11.8. The zero-order valence-electron chi connectivity index (χ0n) is 26.8. The van der Waals surface area contributed by atoms with E-state index < -0.39 is 0 Å². The van der Waals surface area contributed by atoms with Crippen molar-refractivity contribution in [2.75, 3.05) is 47.0 Å². The Bertz CT molecular complexity index is 1420. The van der Waals surface area contributed by atoms with Gasteiger partial charge < -0.3 is 25.7 Å². The molecule has 0 bridgehead atoms. The number of rotatable bonds is 17. The number of methoxy groups -OCH3 is 2. The molecule has 11 heteroatoms. The Morgan fingerprint density at radius 1 is 0.696 bits per heavy atom. The molecule has 0 unspecified atom stereocenters. The first-order valence-corrected chi connectivity index (χ1v) is 19.9. The van der Waals surface area contributed by atoms with E-state index in [0.29, 0.717) is 19.0 Å². The molecule has 3 aromatic rings. The monoisotopic (exact) mass is 1080 g/mol. The summed E-state index contributed by atoms with van der Waals surface area (Å²) >= 11 is 9.35. The lowest BCUT2D eigenvalue weighted by atomic mass is 9.88. The van der Waals surface area contributed by atoms with E-state index in [9.17, 15) is 0 Å². The molecule has 0 amide bonds. The minimum absolute atomic E-state index is 0.563. The molecule has 0 aliphatic heterocycles. The zero-order valence-corrected chi connectivity index (χ0v) is 35.4. The summed E-state index contributed by atoms with van der Waals surface area (Å²) in [5.74, 6) is 3.36. The van der Waals surface area contributed by atoms with Crippen LogP contribution >= 0.6 is 91.5 Å². The van der Waals surface area contributed by atoms with Crippen LogP contribution in [0.3, 0.4) is 0 Å². The summed E-state index contributed by atoms with van der Waals surface area (Å²) in [5.41, 5.74) is 21.6. The van der Waals surface area contributed by atoms with Crippen LogP contribution in [0.4, 0.5) is 0 Å². The molecule has 0 saturated heterocycles. The van der Waals surface area contributed by atoms with Gasteiger partial charge in [-0.3, -0.25) is 0 Å². The molecule has 0 atom stereocenters. The molecule has 4 rings (SSSR count). The molecule has 3 aromatic carbocycles. The number of benzene rings is 3. The van der Waals surface area contributed by atoms with Crippen LogP contribution in [0.5, 0.6) is 17.2 Å².